The molecular weight excluding hydrogens is 202 g/mol. The second-order valence-electron chi connectivity index (χ2n) is 4.71. The SMILES string of the molecule is CCC(CC)C(=O)N1CCCCC1CCO. The van der Waals surface area contributed by atoms with Crippen LogP contribution in [0.1, 0.15) is 52.4 Å². The largest absolute Gasteiger partial charge is 0.396 e. The first-order chi connectivity index (χ1) is 7.74. The summed E-state index contributed by atoms with van der Waals surface area (Å²) in [4.78, 5) is 14.3. The maximum absolute atomic E-state index is 12.3. The van der Waals surface area contributed by atoms with Gasteiger partial charge in [0, 0.05) is 25.1 Å². The maximum atomic E-state index is 12.3. The second kappa shape index (κ2) is 6.89. The molecule has 1 unspecified atom stereocenters. The number of hydrogen-bond donors (Lipinski definition) is 1. The van der Waals surface area contributed by atoms with Gasteiger partial charge >= 0.3 is 0 Å². The third-order valence-corrected chi connectivity index (χ3v) is 3.71. The number of rotatable bonds is 5. The fourth-order valence-corrected chi connectivity index (χ4v) is 2.61. The lowest BCUT2D eigenvalue weighted by atomic mass is 9.95. The van der Waals surface area contributed by atoms with E-state index >= 15 is 0 Å². The fraction of sp³-hybridized carbons (Fsp3) is 0.923. The lowest BCUT2D eigenvalue weighted by Gasteiger charge is -2.37. The van der Waals surface area contributed by atoms with Crippen molar-refractivity contribution < 1.29 is 9.90 Å². The van der Waals surface area contributed by atoms with Gasteiger partial charge in [-0.25, -0.2) is 0 Å². The maximum Gasteiger partial charge on any atom is 0.225 e. The number of amides is 1. The molecule has 1 rings (SSSR count). The number of carbonyl (C=O) groups excluding carboxylic acids is 1. The van der Waals surface area contributed by atoms with E-state index in [9.17, 15) is 4.79 Å². The van der Waals surface area contributed by atoms with Gasteiger partial charge in [0.25, 0.3) is 0 Å². The van der Waals surface area contributed by atoms with Crippen molar-refractivity contribution in [1.82, 2.24) is 4.90 Å². The van der Waals surface area contributed by atoms with Gasteiger partial charge in [0.1, 0.15) is 0 Å². The summed E-state index contributed by atoms with van der Waals surface area (Å²) in [5.74, 6) is 0.488. The van der Waals surface area contributed by atoms with Crippen molar-refractivity contribution in [2.45, 2.75) is 58.4 Å². The Morgan fingerprint density at radius 1 is 1.38 bits per heavy atom. The average molecular weight is 227 g/mol. The Balaban J connectivity index is 2.62. The normalized spacial score (nSPS) is 21.5. The van der Waals surface area contributed by atoms with Gasteiger partial charge in [-0.05, 0) is 38.5 Å². The molecule has 16 heavy (non-hydrogen) atoms. The Morgan fingerprint density at radius 2 is 2.06 bits per heavy atom. The molecule has 0 saturated carbocycles. The van der Waals surface area contributed by atoms with Crippen molar-refractivity contribution in [2.75, 3.05) is 13.2 Å². The Morgan fingerprint density at radius 3 is 2.62 bits per heavy atom. The Kier molecular flexibility index (Phi) is 5.81. The molecule has 0 aliphatic carbocycles. The van der Waals surface area contributed by atoms with Crippen molar-refractivity contribution >= 4 is 5.91 Å². The number of nitrogens with zero attached hydrogens (tertiary/aromatic N) is 1. The summed E-state index contributed by atoms with van der Waals surface area (Å²) in [5.41, 5.74) is 0. The molecule has 1 amide bonds. The van der Waals surface area contributed by atoms with Crippen LogP contribution in [0.2, 0.25) is 0 Å². The van der Waals surface area contributed by atoms with Crippen LogP contribution >= 0.6 is 0 Å². The van der Waals surface area contributed by atoms with E-state index in [0.717, 1.165) is 38.6 Å². The minimum absolute atomic E-state index is 0.180. The Labute approximate surface area is 98.8 Å². The summed E-state index contributed by atoms with van der Waals surface area (Å²) in [6, 6.07) is 0.284. The lowest BCUT2D eigenvalue weighted by Crippen LogP contribution is -2.46. The van der Waals surface area contributed by atoms with E-state index in [0.29, 0.717) is 5.91 Å². The minimum Gasteiger partial charge on any atom is -0.396 e. The summed E-state index contributed by atoms with van der Waals surface area (Å²) in [7, 11) is 0. The molecule has 0 spiro atoms. The zero-order valence-electron chi connectivity index (χ0n) is 10.6. The molecular formula is C13H25NO2. The molecule has 94 valence electrons. The van der Waals surface area contributed by atoms with E-state index in [2.05, 4.69) is 13.8 Å². The number of aliphatic hydroxyl groups is 1. The van der Waals surface area contributed by atoms with Gasteiger partial charge in [0.05, 0.1) is 0 Å². The number of likely N-dealkylation sites (tertiary alicyclic amines) is 1. The lowest BCUT2D eigenvalue weighted by molar-refractivity contribution is -0.139. The fourth-order valence-electron chi connectivity index (χ4n) is 2.61. The van der Waals surface area contributed by atoms with Crippen LogP contribution in [-0.4, -0.2) is 35.1 Å². The third kappa shape index (κ3) is 3.21. The van der Waals surface area contributed by atoms with Gasteiger partial charge in [-0.15, -0.1) is 0 Å². The summed E-state index contributed by atoms with van der Waals surface area (Å²) in [6.45, 7) is 5.24. The van der Waals surface area contributed by atoms with Crippen LogP contribution in [0.15, 0.2) is 0 Å². The van der Waals surface area contributed by atoms with E-state index in [1.165, 1.54) is 6.42 Å². The summed E-state index contributed by atoms with van der Waals surface area (Å²) < 4.78 is 0. The van der Waals surface area contributed by atoms with Gasteiger partial charge in [0.2, 0.25) is 5.91 Å². The van der Waals surface area contributed by atoms with Crippen LogP contribution in [0.25, 0.3) is 0 Å². The van der Waals surface area contributed by atoms with Crippen LogP contribution in [-0.2, 0) is 4.79 Å². The van der Waals surface area contributed by atoms with Crippen molar-refractivity contribution in [2.24, 2.45) is 5.92 Å². The number of hydrogen-bond acceptors (Lipinski definition) is 2. The van der Waals surface area contributed by atoms with E-state index in [1.807, 2.05) is 4.90 Å². The Bertz CT molecular complexity index is 212. The molecule has 0 aromatic carbocycles. The quantitative estimate of drug-likeness (QED) is 0.782. The monoisotopic (exact) mass is 227 g/mol. The summed E-state index contributed by atoms with van der Waals surface area (Å²) in [5, 5.41) is 9.03. The third-order valence-electron chi connectivity index (χ3n) is 3.71. The predicted molar refractivity (Wildman–Crippen MR) is 65.1 cm³/mol. The summed E-state index contributed by atoms with van der Waals surface area (Å²) >= 11 is 0. The zero-order chi connectivity index (χ0) is 12.0. The molecule has 3 heteroatoms. The second-order valence-corrected chi connectivity index (χ2v) is 4.71. The van der Waals surface area contributed by atoms with Crippen LogP contribution < -0.4 is 0 Å². The van der Waals surface area contributed by atoms with Crippen LogP contribution in [0.3, 0.4) is 0 Å². The highest BCUT2D eigenvalue weighted by atomic mass is 16.3. The highest BCUT2D eigenvalue weighted by Gasteiger charge is 2.29. The van der Waals surface area contributed by atoms with Crippen molar-refractivity contribution in [3.05, 3.63) is 0 Å². The molecule has 0 radical (unpaired) electrons. The number of carbonyl (C=O) groups is 1. The molecule has 3 nitrogen and oxygen atoms in total. The molecule has 0 bridgehead atoms. The predicted octanol–water partition coefficient (Wildman–Crippen LogP) is 2.19. The number of aliphatic hydroxyl groups excluding tert-OH is 1. The molecule has 1 N–H and O–H groups in total. The van der Waals surface area contributed by atoms with Crippen LogP contribution in [0.4, 0.5) is 0 Å². The van der Waals surface area contributed by atoms with Gasteiger partial charge in [-0.1, -0.05) is 13.8 Å². The number of piperidine rings is 1. The van der Waals surface area contributed by atoms with Gasteiger partial charge < -0.3 is 10.0 Å². The van der Waals surface area contributed by atoms with Crippen LogP contribution in [0, 0.1) is 5.92 Å². The van der Waals surface area contributed by atoms with E-state index < -0.39 is 0 Å². The molecule has 1 heterocycles. The topological polar surface area (TPSA) is 40.5 Å². The highest BCUT2D eigenvalue weighted by molar-refractivity contribution is 5.79. The Hall–Kier alpha value is -0.570. The van der Waals surface area contributed by atoms with Crippen LogP contribution in [0.5, 0.6) is 0 Å². The van der Waals surface area contributed by atoms with Crippen molar-refractivity contribution in [3.8, 4) is 0 Å². The van der Waals surface area contributed by atoms with Crippen molar-refractivity contribution in [3.63, 3.8) is 0 Å². The van der Waals surface area contributed by atoms with Gasteiger partial charge in [-0.2, -0.15) is 0 Å². The van der Waals surface area contributed by atoms with E-state index in [1.54, 1.807) is 0 Å². The molecule has 1 atom stereocenters. The summed E-state index contributed by atoms with van der Waals surface area (Å²) in [6.07, 6.45) is 5.97. The standard InChI is InChI=1S/C13H25NO2/c1-3-11(4-2)13(16)14-9-6-5-7-12(14)8-10-15/h11-12,15H,3-10H2,1-2H3. The minimum atomic E-state index is 0.180. The first-order valence-electron chi connectivity index (χ1n) is 6.65. The first kappa shape index (κ1) is 13.5. The molecule has 1 fully saturated rings. The smallest absolute Gasteiger partial charge is 0.225 e. The van der Waals surface area contributed by atoms with Crippen molar-refractivity contribution in [1.29, 1.82) is 0 Å². The molecule has 1 saturated heterocycles. The average Bonchev–Trinajstić information content (AvgIpc) is 2.31. The molecule has 0 aromatic heterocycles. The highest BCUT2D eigenvalue weighted by Crippen LogP contribution is 2.23. The first-order valence-corrected chi connectivity index (χ1v) is 6.65. The molecule has 1 aliphatic heterocycles. The molecule has 0 aromatic rings. The zero-order valence-corrected chi connectivity index (χ0v) is 10.6. The van der Waals surface area contributed by atoms with Gasteiger partial charge in [-0.3, -0.25) is 4.79 Å². The van der Waals surface area contributed by atoms with E-state index in [4.69, 9.17) is 5.11 Å². The van der Waals surface area contributed by atoms with Gasteiger partial charge in [0.15, 0.2) is 0 Å². The van der Waals surface area contributed by atoms with E-state index in [-0.39, 0.29) is 18.6 Å². The molecule has 1 aliphatic rings.